The molecule has 0 aliphatic carbocycles. The Bertz CT molecular complexity index is 1610. The standard InChI is InChI=1S/C22H11F23N2O7/c1-3-6(2)8-4-7(46(49)50)5-9(47(51)52)10(8)53-11(48)54-22(44,45)17(30,31)13(24,19(35,36)37)15(26,27)12(23,18(32,33)34)16(28,29)14(25,20(38,39)40)21(41,42)43/h4-6H,3H2,1-2H3. The number of nitrogens with zero attached hydrogens (tertiary/aromatic N) is 2. The Labute approximate surface area is 279 Å². The minimum absolute atomic E-state index is 0.193. The van der Waals surface area contributed by atoms with Gasteiger partial charge in [0.2, 0.25) is 5.75 Å². The number of ether oxygens (including phenoxy) is 2. The lowest BCUT2D eigenvalue weighted by Gasteiger charge is -2.50. The Morgan fingerprint density at radius 3 is 1.28 bits per heavy atom. The van der Waals surface area contributed by atoms with Crippen LogP contribution in [-0.4, -0.2) is 81.6 Å². The highest BCUT2D eigenvalue weighted by Crippen LogP contribution is 2.71. The zero-order valence-electron chi connectivity index (χ0n) is 24.9. The van der Waals surface area contributed by atoms with Crippen molar-refractivity contribution in [1.29, 1.82) is 0 Å². The fraction of sp³-hybridized carbons (Fsp3) is 0.682. The highest BCUT2D eigenvalue weighted by Gasteiger charge is 3.04. The average molecular weight is 852 g/mol. The summed E-state index contributed by atoms with van der Waals surface area (Å²) in [5.74, 6) is -33.1. The number of carbonyl (C=O) groups is 1. The number of carbonyl (C=O) groups excluding carboxylic acids is 1. The van der Waals surface area contributed by atoms with Gasteiger partial charge in [-0.3, -0.25) is 20.2 Å². The summed E-state index contributed by atoms with van der Waals surface area (Å²) in [5.41, 5.74) is -34.1. The van der Waals surface area contributed by atoms with Gasteiger partial charge in [0, 0.05) is 11.6 Å². The number of rotatable bonds is 12. The zero-order chi connectivity index (χ0) is 43.7. The van der Waals surface area contributed by atoms with Crippen molar-refractivity contribution < 1.29 is 125 Å². The van der Waals surface area contributed by atoms with Crippen molar-refractivity contribution in [1.82, 2.24) is 0 Å². The largest absolute Gasteiger partial charge is 0.518 e. The Kier molecular flexibility index (Phi) is 11.9. The van der Waals surface area contributed by atoms with Crippen LogP contribution in [0.1, 0.15) is 31.7 Å². The van der Waals surface area contributed by atoms with Crippen molar-refractivity contribution >= 4 is 17.5 Å². The molecule has 1 aromatic carbocycles. The van der Waals surface area contributed by atoms with Gasteiger partial charge in [0.05, 0.1) is 15.9 Å². The number of halogens is 23. The van der Waals surface area contributed by atoms with Crippen molar-refractivity contribution in [3.8, 4) is 5.75 Å². The molecule has 0 saturated carbocycles. The first-order chi connectivity index (χ1) is 23.5. The summed E-state index contributed by atoms with van der Waals surface area (Å²) in [5, 5.41) is 22.4. The highest BCUT2D eigenvalue weighted by molar-refractivity contribution is 5.70. The van der Waals surface area contributed by atoms with Crippen LogP contribution in [0.15, 0.2) is 12.1 Å². The van der Waals surface area contributed by atoms with Crippen LogP contribution in [0.4, 0.5) is 117 Å². The van der Waals surface area contributed by atoms with Crippen LogP contribution in [0.5, 0.6) is 5.75 Å². The normalized spacial score (nSPS) is 17.3. The number of alkyl halides is 23. The van der Waals surface area contributed by atoms with E-state index in [1.165, 1.54) is 0 Å². The molecule has 9 nitrogen and oxygen atoms in total. The van der Waals surface area contributed by atoms with Gasteiger partial charge in [0.25, 0.3) is 5.69 Å². The maximum Gasteiger partial charge on any atom is 0.518 e. The average Bonchev–Trinajstić information content (AvgIpc) is 2.95. The quantitative estimate of drug-likeness (QED) is 0.0675. The molecule has 0 spiro atoms. The Morgan fingerprint density at radius 2 is 0.963 bits per heavy atom. The van der Waals surface area contributed by atoms with Crippen molar-refractivity contribution in [2.24, 2.45) is 0 Å². The highest BCUT2D eigenvalue weighted by atomic mass is 19.4. The van der Waals surface area contributed by atoms with Crippen LogP contribution < -0.4 is 4.74 Å². The number of nitro benzene ring substituents is 2. The molecule has 0 aromatic heterocycles. The third kappa shape index (κ3) is 6.68. The molecule has 0 N–H and O–H groups in total. The van der Waals surface area contributed by atoms with Gasteiger partial charge in [-0.05, 0) is 12.3 Å². The molecule has 0 aliphatic rings. The Hall–Kier alpha value is -4.32. The minimum Gasteiger partial charge on any atom is -0.387 e. The molecule has 312 valence electrons. The molecule has 0 bridgehead atoms. The van der Waals surface area contributed by atoms with Gasteiger partial charge in [-0.2, -0.15) is 87.8 Å². The molecule has 0 radical (unpaired) electrons. The third-order valence-corrected chi connectivity index (χ3v) is 7.12. The number of nitro groups is 2. The Balaban J connectivity index is 4.24. The Morgan fingerprint density at radius 1 is 0.611 bits per heavy atom. The monoisotopic (exact) mass is 852 g/mol. The van der Waals surface area contributed by atoms with Gasteiger partial charge >= 0.3 is 77.4 Å². The smallest absolute Gasteiger partial charge is 0.387 e. The van der Waals surface area contributed by atoms with Gasteiger partial charge in [0.1, 0.15) is 0 Å². The summed E-state index contributed by atoms with van der Waals surface area (Å²) in [6.07, 6.45) is -49.3. The summed E-state index contributed by atoms with van der Waals surface area (Å²) < 4.78 is 324. The fourth-order valence-electron chi connectivity index (χ4n) is 4.13. The maximum absolute atomic E-state index is 15.0. The van der Waals surface area contributed by atoms with E-state index < -0.39 is 110 Å². The molecule has 3 unspecified atom stereocenters. The first-order valence-corrected chi connectivity index (χ1v) is 12.7. The molecule has 0 saturated heterocycles. The maximum atomic E-state index is 15.0. The molecule has 1 aromatic rings. The topological polar surface area (TPSA) is 122 Å². The van der Waals surface area contributed by atoms with Crippen LogP contribution >= 0.6 is 0 Å². The van der Waals surface area contributed by atoms with E-state index in [1.807, 2.05) is 0 Å². The van der Waals surface area contributed by atoms with E-state index >= 15 is 4.39 Å². The molecule has 0 fully saturated rings. The fourth-order valence-corrected chi connectivity index (χ4v) is 4.13. The van der Waals surface area contributed by atoms with E-state index in [1.54, 1.807) is 0 Å². The first kappa shape index (κ1) is 47.7. The van der Waals surface area contributed by atoms with Crippen molar-refractivity contribution in [3.05, 3.63) is 37.9 Å². The molecule has 3 atom stereocenters. The molecule has 54 heavy (non-hydrogen) atoms. The second-order valence-electron chi connectivity index (χ2n) is 10.4. The lowest BCUT2D eigenvalue weighted by atomic mass is 9.71. The second kappa shape index (κ2) is 13.5. The van der Waals surface area contributed by atoms with E-state index in [0.29, 0.717) is 0 Å². The summed E-state index contributed by atoms with van der Waals surface area (Å²) in [6, 6.07) is -0.0265. The molecule has 0 aliphatic heterocycles. The molecular weight excluding hydrogens is 841 g/mol. The lowest BCUT2D eigenvalue weighted by Crippen LogP contribution is -2.85. The van der Waals surface area contributed by atoms with Crippen LogP contribution in [-0.2, 0) is 4.74 Å². The minimum atomic E-state index is -10.3. The van der Waals surface area contributed by atoms with Gasteiger partial charge in [-0.25, -0.2) is 18.0 Å². The van der Waals surface area contributed by atoms with Gasteiger partial charge < -0.3 is 9.47 Å². The van der Waals surface area contributed by atoms with Crippen LogP contribution in [0.2, 0.25) is 0 Å². The number of hydrogen-bond acceptors (Lipinski definition) is 7. The first-order valence-electron chi connectivity index (χ1n) is 12.7. The van der Waals surface area contributed by atoms with E-state index in [4.69, 9.17) is 0 Å². The van der Waals surface area contributed by atoms with E-state index in [9.17, 15) is 122 Å². The third-order valence-electron chi connectivity index (χ3n) is 7.12. The predicted molar refractivity (Wildman–Crippen MR) is 121 cm³/mol. The summed E-state index contributed by atoms with van der Waals surface area (Å²) in [6.45, 7) is 2.01. The van der Waals surface area contributed by atoms with Gasteiger partial charge in [0.15, 0.2) is 0 Å². The van der Waals surface area contributed by atoms with Crippen molar-refractivity contribution in [2.45, 2.75) is 91.8 Å². The molecule has 32 heteroatoms. The summed E-state index contributed by atoms with van der Waals surface area (Å²) >= 11 is 0. The molecular formula is C22H11F23N2O7. The van der Waals surface area contributed by atoms with Gasteiger partial charge in [-0.1, -0.05) is 13.8 Å². The van der Waals surface area contributed by atoms with Gasteiger partial charge in [-0.15, -0.1) is 0 Å². The second-order valence-corrected chi connectivity index (χ2v) is 10.4. The van der Waals surface area contributed by atoms with Crippen molar-refractivity contribution in [2.75, 3.05) is 0 Å². The van der Waals surface area contributed by atoms with Crippen LogP contribution in [0.25, 0.3) is 0 Å². The molecule has 1 rings (SSSR count). The van der Waals surface area contributed by atoms with Crippen molar-refractivity contribution in [3.63, 3.8) is 0 Å². The van der Waals surface area contributed by atoms with E-state index in [-0.39, 0.29) is 18.6 Å². The molecule has 0 amide bonds. The number of benzene rings is 1. The summed E-state index contributed by atoms with van der Waals surface area (Å²) in [4.78, 5) is 31.1. The number of non-ortho nitro benzene ring substituents is 1. The predicted octanol–water partition coefficient (Wildman–Crippen LogP) is 10.4. The molecule has 0 heterocycles. The SMILES string of the molecule is CCC(C)c1cc([N+](=O)[O-])cc([N+](=O)[O-])c1OC(=O)OC(F)(F)C(F)(F)C(F)(C(F)(F)F)C(F)(F)C(F)(C(F)(F)F)C(F)(F)C(F)(C(F)(F)F)C(F)(F)F. The van der Waals surface area contributed by atoms with Crippen LogP contribution in [0.3, 0.4) is 0 Å². The summed E-state index contributed by atoms with van der Waals surface area (Å²) in [7, 11) is 0. The van der Waals surface area contributed by atoms with E-state index in [0.717, 1.165) is 13.8 Å². The van der Waals surface area contributed by atoms with E-state index in [2.05, 4.69) is 9.47 Å². The zero-order valence-corrected chi connectivity index (χ0v) is 24.9. The lowest BCUT2D eigenvalue weighted by molar-refractivity contribution is -0.498. The number of hydrogen-bond donors (Lipinski definition) is 0. The van der Waals surface area contributed by atoms with Crippen LogP contribution in [0, 0.1) is 20.2 Å².